The maximum atomic E-state index is 10.7. The van der Waals surface area contributed by atoms with E-state index in [9.17, 15) is 4.79 Å². The molecule has 0 aliphatic carbocycles. The van der Waals surface area contributed by atoms with E-state index in [1.165, 1.54) is 0 Å². The van der Waals surface area contributed by atoms with Gasteiger partial charge in [0.05, 0.1) is 5.92 Å². The van der Waals surface area contributed by atoms with Crippen molar-refractivity contribution in [1.29, 1.82) is 0 Å². The third-order valence-corrected chi connectivity index (χ3v) is 2.80. The highest BCUT2D eigenvalue weighted by Crippen LogP contribution is 2.22. The molecule has 3 heteroatoms. The predicted octanol–water partition coefficient (Wildman–Crippen LogP) is 1.83. The van der Waals surface area contributed by atoms with Crippen LogP contribution in [0.15, 0.2) is 0 Å². The minimum Gasteiger partial charge on any atom is -0.481 e. The highest BCUT2D eigenvalue weighted by atomic mass is 16.4. The molecular weight excluding hydrogens is 178 g/mol. The molecule has 0 saturated carbocycles. The molecule has 1 N–H and O–H groups in total. The van der Waals surface area contributed by atoms with Gasteiger partial charge in [-0.1, -0.05) is 20.8 Å². The molecule has 0 aromatic heterocycles. The Morgan fingerprint density at radius 2 is 2.14 bits per heavy atom. The summed E-state index contributed by atoms with van der Waals surface area (Å²) in [5, 5.41) is 8.83. The first-order chi connectivity index (χ1) is 6.38. The van der Waals surface area contributed by atoms with Crippen molar-refractivity contribution in [2.24, 2.45) is 11.3 Å². The highest BCUT2D eigenvalue weighted by Gasteiger charge is 2.28. The normalized spacial score (nSPS) is 24.1. The van der Waals surface area contributed by atoms with Crippen molar-refractivity contribution >= 4 is 5.97 Å². The molecule has 1 heterocycles. The SMILES string of the molecule is CC(C)(C)CCN1CCC(C(=O)O)C1. The van der Waals surface area contributed by atoms with E-state index in [0.29, 0.717) is 5.41 Å². The van der Waals surface area contributed by atoms with Crippen molar-refractivity contribution in [2.75, 3.05) is 19.6 Å². The first kappa shape index (κ1) is 11.5. The summed E-state index contributed by atoms with van der Waals surface area (Å²) in [6.45, 7) is 9.39. The second-order valence-electron chi connectivity index (χ2n) is 5.44. The smallest absolute Gasteiger partial charge is 0.307 e. The van der Waals surface area contributed by atoms with Crippen LogP contribution in [0.4, 0.5) is 0 Å². The molecule has 0 aromatic carbocycles. The van der Waals surface area contributed by atoms with Gasteiger partial charge in [0, 0.05) is 6.54 Å². The number of aliphatic carboxylic acids is 1. The van der Waals surface area contributed by atoms with Crippen LogP contribution in [0.25, 0.3) is 0 Å². The zero-order valence-electron chi connectivity index (χ0n) is 9.42. The molecule has 1 aliphatic rings. The van der Waals surface area contributed by atoms with Crippen LogP contribution in [0.1, 0.15) is 33.6 Å². The van der Waals surface area contributed by atoms with E-state index in [2.05, 4.69) is 25.7 Å². The van der Waals surface area contributed by atoms with Crippen LogP contribution >= 0.6 is 0 Å². The number of carbonyl (C=O) groups is 1. The molecule has 0 aromatic rings. The Balaban J connectivity index is 2.26. The van der Waals surface area contributed by atoms with Gasteiger partial charge >= 0.3 is 5.97 Å². The minimum atomic E-state index is -0.636. The predicted molar refractivity (Wildman–Crippen MR) is 56.3 cm³/mol. The lowest BCUT2D eigenvalue weighted by molar-refractivity contribution is -0.141. The molecule has 14 heavy (non-hydrogen) atoms. The fraction of sp³-hybridized carbons (Fsp3) is 0.909. The summed E-state index contributed by atoms with van der Waals surface area (Å²) in [6.07, 6.45) is 1.96. The van der Waals surface area contributed by atoms with Gasteiger partial charge in [-0.25, -0.2) is 0 Å². The van der Waals surface area contributed by atoms with Crippen LogP contribution in [-0.4, -0.2) is 35.6 Å². The summed E-state index contributed by atoms with van der Waals surface area (Å²) in [4.78, 5) is 13.0. The monoisotopic (exact) mass is 199 g/mol. The van der Waals surface area contributed by atoms with E-state index in [1.807, 2.05) is 0 Å². The quantitative estimate of drug-likeness (QED) is 0.754. The Morgan fingerprint density at radius 1 is 1.50 bits per heavy atom. The summed E-state index contributed by atoms with van der Waals surface area (Å²) in [7, 11) is 0. The minimum absolute atomic E-state index is 0.130. The van der Waals surface area contributed by atoms with Gasteiger partial charge in [-0.2, -0.15) is 0 Å². The maximum Gasteiger partial charge on any atom is 0.307 e. The Morgan fingerprint density at radius 3 is 2.57 bits per heavy atom. The lowest BCUT2D eigenvalue weighted by Gasteiger charge is -2.22. The van der Waals surface area contributed by atoms with Gasteiger partial charge in [-0.05, 0) is 31.3 Å². The molecule has 0 bridgehead atoms. The zero-order chi connectivity index (χ0) is 10.8. The van der Waals surface area contributed by atoms with E-state index in [0.717, 1.165) is 32.5 Å². The molecule has 82 valence electrons. The van der Waals surface area contributed by atoms with E-state index in [4.69, 9.17) is 5.11 Å². The van der Waals surface area contributed by atoms with Crippen molar-refractivity contribution in [3.8, 4) is 0 Å². The van der Waals surface area contributed by atoms with Gasteiger partial charge < -0.3 is 10.0 Å². The number of carboxylic acid groups (broad SMARTS) is 1. The molecule has 1 unspecified atom stereocenters. The van der Waals surface area contributed by atoms with Gasteiger partial charge in [0.25, 0.3) is 0 Å². The van der Waals surface area contributed by atoms with Crippen LogP contribution in [0.5, 0.6) is 0 Å². The summed E-state index contributed by atoms with van der Waals surface area (Å²) < 4.78 is 0. The number of carboxylic acids is 1. The summed E-state index contributed by atoms with van der Waals surface area (Å²) >= 11 is 0. The molecular formula is C11H21NO2. The van der Waals surface area contributed by atoms with Crippen molar-refractivity contribution in [2.45, 2.75) is 33.6 Å². The molecule has 1 aliphatic heterocycles. The van der Waals surface area contributed by atoms with Gasteiger partial charge in [0.1, 0.15) is 0 Å². The topological polar surface area (TPSA) is 40.5 Å². The van der Waals surface area contributed by atoms with Crippen molar-refractivity contribution in [3.63, 3.8) is 0 Å². The zero-order valence-corrected chi connectivity index (χ0v) is 9.42. The molecule has 1 fully saturated rings. The second kappa shape index (κ2) is 4.30. The number of hydrogen-bond donors (Lipinski definition) is 1. The van der Waals surface area contributed by atoms with Crippen molar-refractivity contribution < 1.29 is 9.90 Å². The Labute approximate surface area is 86.1 Å². The van der Waals surface area contributed by atoms with Gasteiger partial charge in [-0.3, -0.25) is 4.79 Å². The fourth-order valence-electron chi connectivity index (χ4n) is 1.73. The first-order valence-electron chi connectivity index (χ1n) is 5.34. The highest BCUT2D eigenvalue weighted by molar-refractivity contribution is 5.70. The number of likely N-dealkylation sites (tertiary alicyclic amines) is 1. The average molecular weight is 199 g/mol. The van der Waals surface area contributed by atoms with E-state index in [-0.39, 0.29) is 5.92 Å². The van der Waals surface area contributed by atoms with Crippen LogP contribution in [0.2, 0.25) is 0 Å². The van der Waals surface area contributed by atoms with Crippen LogP contribution in [0.3, 0.4) is 0 Å². The van der Waals surface area contributed by atoms with Gasteiger partial charge in [0.2, 0.25) is 0 Å². The third-order valence-electron chi connectivity index (χ3n) is 2.80. The first-order valence-corrected chi connectivity index (χ1v) is 5.34. The van der Waals surface area contributed by atoms with Crippen molar-refractivity contribution in [3.05, 3.63) is 0 Å². The van der Waals surface area contributed by atoms with E-state index < -0.39 is 5.97 Å². The molecule has 0 spiro atoms. The van der Waals surface area contributed by atoms with Crippen molar-refractivity contribution in [1.82, 2.24) is 4.90 Å². The lowest BCUT2D eigenvalue weighted by Crippen LogP contribution is -2.26. The Hall–Kier alpha value is -0.570. The third kappa shape index (κ3) is 3.66. The average Bonchev–Trinajstić information content (AvgIpc) is 2.47. The standard InChI is InChI=1S/C11H21NO2/c1-11(2,3)5-7-12-6-4-9(8-12)10(13)14/h9H,4-8H2,1-3H3,(H,13,14). The van der Waals surface area contributed by atoms with E-state index in [1.54, 1.807) is 0 Å². The lowest BCUT2D eigenvalue weighted by atomic mass is 9.92. The number of nitrogens with zero attached hydrogens (tertiary/aromatic N) is 1. The largest absolute Gasteiger partial charge is 0.481 e. The maximum absolute atomic E-state index is 10.7. The van der Waals surface area contributed by atoms with Crippen LogP contribution in [-0.2, 0) is 4.79 Å². The molecule has 1 saturated heterocycles. The summed E-state index contributed by atoms with van der Waals surface area (Å²) in [5.74, 6) is -0.766. The Bertz CT molecular complexity index is 208. The van der Waals surface area contributed by atoms with Gasteiger partial charge in [-0.15, -0.1) is 0 Å². The summed E-state index contributed by atoms with van der Waals surface area (Å²) in [5.41, 5.74) is 0.349. The van der Waals surface area contributed by atoms with Crippen LogP contribution in [0, 0.1) is 11.3 Å². The van der Waals surface area contributed by atoms with Gasteiger partial charge in [0.15, 0.2) is 0 Å². The number of rotatable bonds is 3. The van der Waals surface area contributed by atoms with Crippen LogP contribution < -0.4 is 0 Å². The molecule has 1 atom stereocenters. The summed E-state index contributed by atoms with van der Waals surface area (Å²) in [6, 6.07) is 0. The molecule has 1 rings (SSSR count). The fourth-order valence-corrected chi connectivity index (χ4v) is 1.73. The second-order valence-corrected chi connectivity index (χ2v) is 5.44. The molecule has 3 nitrogen and oxygen atoms in total. The molecule has 0 radical (unpaired) electrons. The number of hydrogen-bond acceptors (Lipinski definition) is 2. The van der Waals surface area contributed by atoms with E-state index >= 15 is 0 Å². The Kier molecular flexibility index (Phi) is 3.53. The molecule has 0 amide bonds.